The minimum atomic E-state index is -1.03. The minimum Gasteiger partial charge on any atom is -0.478 e. The third-order valence-electron chi connectivity index (χ3n) is 6.38. The highest BCUT2D eigenvalue weighted by molar-refractivity contribution is 5.99. The summed E-state index contributed by atoms with van der Waals surface area (Å²) in [6, 6.07) is 0. The van der Waals surface area contributed by atoms with E-state index in [4.69, 9.17) is 0 Å². The van der Waals surface area contributed by atoms with Gasteiger partial charge in [-0.25, -0.2) is 9.59 Å². The average Bonchev–Trinajstić information content (AvgIpc) is 2.59. The number of carboxylic acids is 2. The molecule has 0 aromatic rings. The summed E-state index contributed by atoms with van der Waals surface area (Å²) in [7, 11) is 0. The lowest BCUT2D eigenvalue weighted by Gasteiger charge is -2.32. The lowest BCUT2D eigenvalue weighted by molar-refractivity contribution is -0.137. The van der Waals surface area contributed by atoms with Gasteiger partial charge in [0, 0.05) is 0 Å². The zero-order chi connectivity index (χ0) is 17.7. The van der Waals surface area contributed by atoms with Gasteiger partial charge in [-0.05, 0) is 49.4 Å². The topological polar surface area (TPSA) is 74.6 Å². The largest absolute Gasteiger partial charge is 0.478 e. The first-order valence-corrected chi connectivity index (χ1v) is 9.64. The second-order valence-electron chi connectivity index (χ2n) is 7.81. The molecule has 2 aliphatic carbocycles. The van der Waals surface area contributed by atoms with E-state index in [0.717, 1.165) is 51.4 Å². The zero-order valence-electron chi connectivity index (χ0n) is 15.1. The van der Waals surface area contributed by atoms with Crippen molar-refractivity contribution in [1.82, 2.24) is 0 Å². The SMILES string of the molecule is CC(/C(C(=O)O)=C(/C(=O)O)C(C)C1CCCCC1)C1CCCCC1. The highest BCUT2D eigenvalue weighted by Crippen LogP contribution is 2.39. The third-order valence-corrected chi connectivity index (χ3v) is 6.38. The Morgan fingerprint density at radius 2 is 0.958 bits per heavy atom. The molecule has 2 atom stereocenters. The van der Waals surface area contributed by atoms with Crippen LogP contribution < -0.4 is 0 Å². The van der Waals surface area contributed by atoms with Gasteiger partial charge in [-0.2, -0.15) is 0 Å². The Balaban J connectivity index is 2.34. The van der Waals surface area contributed by atoms with Crippen LogP contribution in [0, 0.1) is 23.7 Å². The zero-order valence-corrected chi connectivity index (χ0v) is 15.1. The first-order chi connectivity index (χ1) is 11.4. The summed E-state index contributed by atoms with van der Waals surface area (Å²) >= 11 is 0. The molecule has 2 unspecified atom stereocenters. The van der Waals surface area contributed by atoms with Crippen LogP contribution in [0.5, 0.6) is 0 Å². The molecule has 2 rings (SSSR count). The van der Waals surface area contributed by atoms with Crippen LogP contribution >= 0.6 is 0 Å². The van der Waals surface area contributed by atoms with E-state index in [1.807, 2.05) is 13.8 Å². The van der Waals surface area contributed by atoms with Gasteiger partial charge in [0.15, 0.2) is 0 Å². The van der Waals surface area contributed by atoms with E-state index in [1.165, 1.54) is 12.8 Å². The fraction of sp³-hybridized carbons (Fsp3) is 0.800. The van der Waals surface area contributed by atoms with Gasteiger partial charge in [0.1, 0.15) is 0 Å². The van der Waals surface area contributed by atoms with E-state index in [2.05, 4.69) is 0 Å². The van der Waals surface area contributed by atoms with Gasteiger partial charge < -0.3 is 10.2 Å². The molecule has 0 amide bonds. The molecule has 4 nitrogen and oxygen atoms in total. The summed E-state index contributed by atoms with van der Waals surface area (Å²) in [5.41, 5.74) is 0.347. The maximum Gasteiger partial charge on any atom is 0.332 e. The molecule has 4 heteroatoms. The maximum atomic E-state index is 12.0. The van der Waals surface area contributed by atoms with Crippen LogP contribution in [0.3, 0.4) is 0 Å². The maximum absolute atomic E-state index is 12.0. The quantitative estimate of drug-likeness (QED) is 0.678. The van der Waals surface area contributed by atoms with E-state index in [-0.39, 0.29) is 23.0 Å². The lowest BCUT2D eigenvalue weighted by Crippen LogP contribution is -2.29. The van der Waals surface area contributed by atoms with Crippen LogP contribution in [0.4, 0.5) is 0 Å². The predicted molar refractivity (Wildman–Crippen MR) is 93.8 cm³/mol. The Labute approximate surface area is 145 Å². The van der Waals surface area contributed by atoms with Crippen LogP contribution in [-0.2, 0) is 9.59 Å². The molecule has 0 aromatic carbocycles. The number of hydrogen-bond acceptors (Lipinski definition) is 2. The van der Waals surface area contributed by atoms with Gasteiger partial charge >= 0.3 is 11.9 Å². The summed E-state index contributed by atoms with van der Waals surface area (Å²) in [6.07, 6.45) is 11.0. The van der Waals surface area contributed by atoms with Gasteiger partial charge in [0.05, 0.1) is 11.1 Å². The summed E-state index contributed by atoms with van der Waals surface area (Å²) in [5.74, 6) is -1.82. The highest BCUT2D eigenvalue weighted by Gasteiger charge is 2.35. The van der Waals surface area contributed by atoms with Crippen LogP contribution in [0.1, 0.15) is 78.1 Å². The van der Waals surface area contributed by atoms with Crippen molar-refractivity contribution in [2.24, 2.45) is 23.7 Å². The van der Waals surface area contributed by atoms with E-state index in [0.29, 0.717) is 11.8 Å². The normalized spacial score (nSPS) is 24.1. The van der Waals surface area contributed by atoms with Crippen LogP contribution in [0.2, 0.25) is 0 Å². The van der Waals surface area contributed by atoms with E-state index >= 15 is 0 Å². The van der Waals surface area contributed by atoms with Crippen molar-refractivity contribution in [2.75, 3.05) is 0 Å². The fourth-order valence-corrected chi connectivity index (χ4v) is 4.85. The van der Waals surface area contributed by atoms with Gasteiger partial charge in [-0.3, -0.25) is 0 Å². The van der Waals surface area contributed by atoms with Gasteiger partial charge in [-0.1, -0.05) is 52.4 Å². The van der Waals surface area contributed by atoms with Crippen molar-refractivity contribution in [2.45, 2.75) is 78.1 Å². The van der Waals surface area contributed by atoms with Crippen molar-refractivity contribution in [3.05, 3.63) is 11.1 Å². The Morgan fingerprint density at radius 1 is 0.667 bits per heavy atom. The summed E-state index contributed by atoms with van der Waals surface area (Å²) in [5, 5.41) is 19.6. The Bertz CT molecular complexity index is 438. The number of carboxylic acid groups (broad SMARTS) is 2. The molecule has 0 aromatic heterocycles. The number of aliphatic carboxylic acids is 2. The molecule has 24 heavy (non-hydrogen) atoms. The van der Waals surface area contributed by atoms with Crippen molar-refractivity contribution in [3.8, 4) is 0 Å². The molecule has 2 aliphatic rings. The number of rotatable bonds is 6. The van der Waals surface area contributed by atoms with Gasteiger partial charge in [0.25, 0.3) is 0 Å². The lowest BCUT2D eigenvalue weighted by atomic mass is 9.71. The second-order valence-corrected chi connectivity index (χ2v) is 7.81. The van der Waals surface area contributed by atoms with Crippen LogP contribution in [0.25, 0.3) is 0 Å². The molecule has 0 bridgehead atoms. The molecule has 0 aliphatic heterocycles. The second kappa shape index (κ2) is 8.68. The van der Waals surface area contributed by atoms with Crippen LogP contribution in [0.15, 0.2) is 11.1 Å². The van der Waals surface area contributed by atoms with Crippen LogP contribution in [-0.4, -0.2) is 22.2 Å². The third kappa shape index (κ3) is 4.40. The summed E-state index contributed by atoms with van der Waals surface area (Å²) in [4.78, 5) is 24.0. The molecule has 0 radical (unpaired) electrons. The molecule has 0 saturated heterocycles. The molecule has 2 N–H and O–H groups in total. The molecular weight excluding hydrogens is 304 g/mol. The molecule has 2 fully saturated rings. The predicted octanol–water partition coefficient (Wildman–Crippen LogP) is 4.89. The van der Waals surface area contributed by atoms with E-state index in [9.17, 15) is 19.8 Å². The van der Waals surface area contributed by atoms with Gasteiger partial charge in [0.2, 0.25) is 0 Å². The molecule has 2 saturated carbocycles. The van der Waals surface area contributed by atoms with Crippen molar-refractivity contribution < 1.29 is 19.8 Å². The monoisotopic (exact) mass is 336 g/mol. The van der Waals surface area contributed by atoms with Crippen molar-refractivity contribution in [1.29, 1.82) is 0 Å². The first-order valence-electron chi connectivity index (χ1n) is 9.64. The Kier molecular flexibility index (Phi) is 6.88. The molecule has 0 heterocycles. The number of hydrogen-bond donors (Lipinski definition) is 2. The Hall–Kier alpha value is -1.32. The average molecular weight is 336 g/mol. The standard InChI is InChI=1S/C20H32O4/c1-13(15-9-5-3-6-10-15)17(19(21)22)18(20(23)24)14(2)16-11-7-4-8-12-16/h13-16H,3-12H2,1-2H3,(H,21,22)(H,23,24)/b18-17-. The van der Waals surface area contributed by atoms with E-state index < -0.39 is 11.9 Å². The van der Waals surface area contributed by atoms with E-state index in [1.54, 1.807) is 0 Å². The number of carbonyl (C=O) groups is 2. The van der Waals surface area contributed by atoms with Gasteiger partial charge in [-0.15, -0.1) is 0 Å². The van der Waals surface area contributed by atoms with Crippen molar-refractivity contribution >= 4 is 11.9 Å². The Morgan fingerprint density at radius 3 is 1.21 bits per heavy atom. The highest BCUT2D eigenvalue weighted by atomic mass is 16.4. The van der Waals surface area contributed by atoms with Crippen molar-refractivity contribution in [3.63, 3.8) is 0 Å². The minimum absolute atomic E-state index is 0.174. The molecule has 136 valence electrons. The first kappa shape index (κ1) is 19.0. The summed E-state index contributed by atoms with van der Waals surface area (Å²) < 4.78 is 0. The fourth-order valence-electron chi connectivity index (χ4n) is 4.85. The molecule has 0 spiro atoms. The summed E-state index contributed by atoms with van der Waals surface area (Å²) in [6.45, 7) is 3.85. The molecular formula is C20H32O4. The smallest absolute Gasteiger partial charge is 0.332 e.